The van der Waals surface area contributed by atoms with Gasteiger partial charge in [-0.1, -0.05) is 49.4 Å². The number of hydrogen-bond acceptors (Lipinski definition) is 7. The number of thioether (sulfide) groups is 1. The minimum atomic E-state index is -0.496. The predicted octanol–water partition coefficient (Wildman–Crippen LogP) is 5.81. The predicted molar refractivity (Wildman–Crippen MR) is 144 cm³/mol. The van der Waals surface area contributed by atoms with Crippen molar-refractivity contribution in [3.8, 4) is 11.5 Å². The van der Waals surface area contributed by atoms with Gasteiger partial charge in [0.25, 0.3) is 5.91 Å². The number of ether oxygens (including phenoxy) is 2. The Bertz CT molecular complexity index is 1250. The van der Waals surface area contributed by atoms with Crippen molar-refractivity contribution < 1.29 is 14.3 Å². The topological polar surface area (TPSA) is 90.3 Å². The van der Waals surface area contributed by atoms with Crippen molar-refractivity contribution in [1.82, 2.24) is 14.8 Å². The number of methoxy groups -OCH3 is 1. The van der Waals surface area contributed by atoms with Crippen molar-refractivity contribution in [2.45, 2.75) is 51.7 Å². The molecule has 0 bridgehead atoms. The molecule has 1 atom stereocenters. The Labute approximate surface area is 216 Å². The Morgan fingerprint density at radius 1 is 1.11 bits per heavy atom. The standard InChI is InChI=1S/C27H33N5O3S/c1-6-14-35-21-13-10-19(16-22(21)34-5)24-23(25(33)29-20-11-8-17(3)9-12-20)18(4)28-26-30-27(31-32(24)26)36-15-7-2/h8-13,16,24H,6-7,14-15H2,1-5H3,(H,29,33)(H,28,30,31). The summed E-state index contributed by atoms with van der Waals surface area (Å²) >= 11 is 1.60. The number of amides is 1. The highest BCUT2D eigenvalue weighted by Gasteiger charge is 2.35. The van der Waals surface area contributed by atoms with Crippen LogP contribution in [0.25, 0.3) is 0 Å². The van der Waals surface area contributed by atoms with Gasteiger partial charge in [-0.25, -0.2) is 4.68 Å². The van der Waals surface area contributed by atoms with E-state index in [1.54, 1.807) is 23.6 Å². The maximum atomic E-state index is 13.7. The van der Waals surface area contributed by atoms with Crippen LogP contribution in [0.2, 0.25) is 0 Å². The molecule has 1 unspecified atom stereocenters. The van der Waals surface area contributed by atoms with Crippen molar-refractivity contribution in [3.63, 3.8) is 0 Å². The van der Waals surface area contributed by atoms with Crippen molar-refractivity contribution in [2.24, 2.45) is 0 Å². The van der Waals surface area contributed by atoms with Crippen LogP contribution in [-0.2, 0) is 4.79 Å². The number of nitrogens with zero attached hydrogens (tertiary/aromatic N) is 3. The molecule has 0 spiro atoms. The molecule has 8 nitrogen and oxygen atoms in total. The van der Waals surface area contributed by atoms with Crippen LogP contribution in [0.15, 0.2) is 58.9 Å². The van der Waals surface area contributed by atoms with E-state index >= 15 is 0 Å². The van der Waals surface area contributed by atoms with E-state index in [0.29, 0.717) is 34.8 Å². The van der Waals surface area contributed by atoms with Crippen LogP contribution in [0.1, 0.15) is 50.8 Å². The summed E-state index contributed by atoms with van der Waals surface area (Å²) in [6.45, 7) is 8.68. The normalized spacial score (nSPS) is 14.8. The Hall–Kier alpha value is -3.46. The molecule has 2 heterocycles. The summed E-state index contributed by atoms with van der Waals surface area (Å²) in [6.07, 6.45) is 1.91. The van der Waals surface area contributed by atoms with Gasteiger partial charge < -0.3 is 20.1 Å². The number of carbonyl (C=O) groups is 1. The SMILES string of the molecule is CCCOc1ccc(C2C(C(=O)Nc3ccc(C)cc3)=C(C)Nc3nc(SCCC)nn32)cc1OC. The van der Waals surface area contributed by atoms with Crippen molar-refractivity contribution >= 4 is 29.3 Å². The number of aryl methyl sites for hydroxylation is 1. The Morgan fingerprint density at radius 2 is 1.89 bits per heavy atom. The van der Waals surface area contributed by atoms with Crippen molar-refractivity contribution in [2.75, 3.05) is 30.1 Å². The van der Waals surface area contributed by atoms with Crippen molar-refractivity contribution in [3.05, 3.63) is 64.9 Å². The molecule has 36 heavy (non-hydrogen) atoms. The minimum Gasteiger partial charge on any atom is -0.493 e. The number of rotatable bonds is 10. The first-order chi connectivity index (χ1) is 17.4. The van der Waals surface area contributed by atoms with Gasteiger partial charge >= 0.3 is 0 Å². The average molecular weight is 508 g/mol. The third kappa shape index (κ3) is 5.51. The van der Waals surface area contributed by atoms with E-state index in [1.807, 2.05) is 56.3 Å². The summed E-state index contributed by atoms with van der Waals surface area (Å²) in [5, 5.41) is 11.8. The van der Waals surface area contributed by atoms with Crippen LogP contribution in [0.4, 0.5) is 11.6 Å². The van der Waals surface area contributed by atoms with E-state index in [4.69, 9.17) is 14.6 Å². The lowest BCUT2D eigenvalue weighted by molar-refractivity contribution is -0.113. The van der Waals surface area contributed by atoms with Gasteiger partial charge in [0.15, 0.2) is 11.5 Å². The van der Waals surface area contributed by atoms with Crippen LogP contribution in [-0.4, -0.2) is 40.1 Å². The fourth-order valence-corrected chi connectivity index (χ4v) is 4.69. The average Bonchev–Trinajstić information content (AvgIpc) is 3.28. The number of allylic oxidation sites excluding steroid dienone is 1. The molecule has 4 rings (SSSR count). The lowest BCUT2D eigenvalue weighted by Crippen LogP contribution is -2.31. The number of aromatic nitrogens is 3. The van der Waals surface area contributed by atoms with Crippen molar-refractivity contribution in [1.29, 1.82) is 0 Å². The first-order valence-corrected chi connectivity index (χ1v) is 13.2. The fraction of sp³-hybridized carbons (Fsp3) is 0.370. The maximum Gasteiger partial charge on any atom is 0.255 e. The van der Waals surface area contributed by atoms with Gasteiger partial charge in [-0.3, -0.25) is 4.79 Å². The smallest absolute Gasteiger partial charge is 0.255 e. The summed E-state index contributed by atoms with van der Waals surface area (Å²) < 4.78 is 13.3. The fourth-order valence-electron chi connectivity index (χ4n) is 4.01. The zero-order chi connectivity index (χ0) is 25.7. The molecule has 0 aliphatic carbocycles. The second kappa shape index (κ2) is 11.5. The molecule has 0 radical (unpaired) electrons. The van der Waals surface area contributed by atoms with E-state index < -0.39 is 6.04 Å². The first kappa shape index (κ1) is 25.6. The zero-order valence-electron chi connectivity index (χ0n) is 21.4. The quantitative estimate of drug-likeness (QED) is 0.335. The second-order valence-corrected chi connectivity index (χ2v) is 9.72. The number of anilines is 2. The molecular formula is C27H33N5O3S. The van der Waals surface area contributed by atoms with Gasteiger partial charge in [-0.2, -0.15) is 4.98 Å². The summed E-state index contributed by atoms with van der Waals surface area (Å²) in [7, 11) is 1.62. The van der Waals surface area contributed by atoms with E-state index in [-0.39, 0.29) is 5.91 Å². The van der Waals surface area contributed by atoms with E-state index in [1.165, 1.54) is 0 Å². The number of nitrogens with one attached hydrogen (secondary N) is 2. The highest BCUT2D eigenvalue weighted by Crippen LogP contribution is 2.40. The van der Waals surface area contributed by atoms with E-state index in [2.05, 4.69) is 29.5 Å². The van der Waals surface area contributed by atoms with Crippen LogP contribution >= 0.6 is 11.8 Å². The molecule has 1 amide bonds. The number of carbonyl (C=O) groups excluding carboxylic acids is 1. The van der Waals surface area contributed by atoms with Gasteiger partial charge in [0.2, 0.25) is 11.1 Å². The molecule has 0 fully saturated rings. The largest absolute Gasteiger partial charge is 0.493 e. The number of benzene rings is 2. The maximum absolute atomic E-state index is 13.7. The highest BCUT2D eigenvalue weighted by atomic mass is 32.2. The molecule has 2 aromatic carbocycles. The van der Waals surface area contributed by atoms with Crippen LogP contribution in [0.3, 0.4) is 0 Å². The third-order valence-corrected chi connectivity index (χ3v) is 6.83. The molecule has 190 valence electrons. The second-order valence-electron chi connectivity index (χ2n) is 8.66. The van der Waals surface area contributed by atoms with Gasteiger partial charge in [-0.15, -0.1) is 5.10 Å². The molecule has 9 heteroatoms. The van der Waals surface area contributed by atoms with Gasteiger partial charge in [0, 0.05) is 17.1 Å². The monoisotopic (exact) mass is 507 g/mol. The first-order valence-electron chi connectivity index (χ1n) is 12.2. The van der Waals surface area contributed by atoms with Gasteiger partial charge in [-0.05, 0) is 56.5 Å². The molecule has 0 saturated heterocycles. The van der Waals surface area contributed by atoms with Crippen LogP contribution < -0.4 is 20.1 Å². The van der Waals surface area contributed by atoms with E-state index in [0.717, 1.165) is 41.1 Å². The lowest BCUT2D eigenvalue weighted by atomic mass is 9.94. The molecular weight excluding hydrogens is 474 g/mol. The molecule has 1 aromatic heterocycles. The molecule has 0 saturated carbocycles. The third-order valence-electron chi connectivity index (χ3n) is 5.79. The number of fused-ring (bicyclic) bond motifs is 1. The summed E-state index contributed by atoms with van der Waals surface area (Å²) in [4.78, 5) is 18.4. The Kier molecular flexibility index (Phi) is 8.20. The molecule has 2 N–H and O–H groups in total. The van der Waals surface area contributed by atoms with E-state index in [9.17, 15) is 4.79 Å². The Morgan fingerprint density at radius 3 is 2.58 bits per heavy atom. The number of hydrogen-bond donors (Lipinski definition) is 2. The van der Waals surface area contributed by atoms with Gasteiger partial charge in [0.05, 0.1) is 19.3 Å². The highest BCUT2D eigenvalue weighted by molar-refractivity contribution is 7.99. The molecule has 1 aliphatic heterocycles. The molecule has 3 aromatic rings. The Balaban J connectivity index is 1.77. The molecule has 1 aliphatic rings. The minimum absolute atomic E-state index is 0.206. The summed E-state index contributed by atoms with van der Waals surface area (Å²) in [5.74, 6) is 2.59. The van der Waals surface area contributed by atoms with Crippen LogP contribution in [0, 0.1) is 6.92 Å². The van der Waals surface area contributed by atoms with Gasteiger partial charge in [0.1, 0.15) is 6.04 Å². The zero-order valence-corrected chi connectivity index (χ0v) is 22.2. The lowest BCUT2D eigenvalue weighted by Gasteiger charge is -2.29. The summed E-state index contributed by atoms with van der Waals surface area (Å²) in [6, 6.07) is 13.0. The summed E-state index contributed by atoms with van der Waals surface area (Å²) in [5.41, 5.74) is 3.99. The van der Waals surface area contributed by atoms with Crippen LogP contribution in [0.5, 0.6) is 11.5 Å².